The Morgan fingerprint density at radius 2 is 1.74 bits per heavy atom. The third-order valence-corrected chi connectivity index (χ3v) is 3.22. The van der Waals surface area contributed by atoms with Crippen LogP contribution in [0.5, 0.6) is 0 Å². The molecule has 1 aromatic carbocycles. The lowest BCUT2D eigenvalue weighted by atomic mass is 10.0. The van der Waals surface area contributed by atoms with E-state index in [1.54, 1.807) is 45.0 Å². The monoisotopic (exact) mass is 378 g/mol. The Morgan fingerprint density at radius 1 is 1.15 bits per heavy atom. The molecule has 27 heavy (non-hydrogen) atoms. The van der Waals surface area contributed by atoms with Crippen LogP contribution in [-0.2, 0) is 27.2 Å². The first-order valence-electron chi connectivity index (χ1n) is 8.42. The van der Waals surface area contributed by atoms with Gasteiger partial charge in [-0.2, -0.15) is 0 Å². The second kappa shape index (κ2) is 10.2. The Kier molecular flexibility index (Phi) is 8.32. The molecule has 8 nitrogen and oxygen atoms in total. The van der Waals surface area contributed by atoms with E-state index in [4.69, 9.17) is 9.47 Å². The van der Waals surface area contributed by atoms with Crippen molar-refractivity contribution in [2.75, 3.05) is 6.61 Å². The van der Waals surface area contributed by atoms with Crippen LogP contribution in [0.15, 0.2) is 36.9 Å². The van der Waals surface area contributed by atoms with Crippen molar-refractivity contribution in [3.05, 3.63) is 48.0 Å². The third-order valence-electron chi connectivity index (χ3n) is 3.22. The van der Waals surface area contributed by atoms with Crippen LogP contribution < -0.4 is 10.6 Å². The number of aliphatic carboxylic acids is 1. The Morgan fingerprint density at radius 3 is 2.26 bits per heavy atom. The van der Waals surface area contributed by atoms with E-state index in [0.29, 0.717) is 0 Å². The van der Waals surface area contributed by atoms with Crippen molar-refractivity contribution in [1.82, 2.24) is 10.6 Å². The predicted octanol–water partition coefficient (Wildman–Crippen LogP) is 2.62. The Bertz CT molecular complexity index is 664. The van der Waals surface area contributed by atoms with E-state index in [1.165, 1.54) is 6.08 Å². The van der Waals surface area contributed by atoms with Crippen LogP contribution in [0.3, 0.4) is 0 Å². The maximum Gasteiger partial charge on any atom is 0.408 e. The number of nitrogens with one attached hydrogen (secondary N) is 2. The molecule has 0 saturated carbocycles. The lowest BCUT2D eigenvalue weighted by Crippen LogP contribution is -2.44. The van der Waals surface area contributed by atoms with E-state index < -0.39 is 29.8 Å². The SMILES string of the molecule is C=CCOC(=O)NCc1ccc(C[C@H](NC(=O)OC(C)(C)C)C(=O)O)cc1. The highest BCUT2D eigenvalue weighted by atomic mass is 16.6. The number of rotatable bonds is 8. The van der Waals surface area contributed by atoms with Gasteiger partial charge in [0.05, 0.1) is 0 Å². The van der Waals surface area contributed by atoms with E-state index in [0.717, 1.165) is 11.1 Å². The van der Waals surface area contributed by atoms with Gasteiger partial charge in [-0.25, -0.2) is 14.4 Å². The van der Waals surface area contributed by atoms with Crippen molar-refractivity contribution in [3.63, 3.8) is 0 Å². The van der Waals surface area contributed by atoms with Gasteiger partial charge < -0.3 is 25.2 Å². The molecule has 0 radical (unpaired) electrons. The van der Waals surface area contributed by atoms with E-state index >= 15 is 0 Å². The summed E-state index contributed by atoms with van der Waals surface area (Å²) in [6.07, 6.45) is 0.239. The van der Waals surface area contributed by atoms with E-state index in [2.05, 4.69) is 17.2 Å². The second-order valence-corrected chi connectivity index (χ2v) is 6.80. The predicted molar refractivity (Wildman–Crippen MR) is 99.3 cm³/mol. The first-order valence-corrected chi connectivity index (χ1v) is 8.42. The number of carboxylic acid groups (broad SMARTS) is 1. The average Bonchev–Trinajstić information content (AvgIpc) is 2.57. The molecule has 0 saturated heterocycles. The van der Waals surface area contributed by atoms with Gasteiger partial charge in [0.1, 0.15) is 18.2 Å². The number of hydrogen-bond acceptors (Lipinski definition) is 5. The standard InChI is InChI=1S/C19H26N2O6/c1-5-10-26-17(24)20-12-14-8-6-13(7-9-14)11-15(16(22)23)21-18(25)27-19(2,3)4/h5-9,15H,1,10-12H2,2-4H3,(H,20,24)(H,21,25)(H,22,23)/t15-/m0/s1. The molecule has 0 unspecified atom stereocenters. The van der Waals surface area contributed by atoms with Crippen molar-refractivity contribution < 1.29 is 29.0 Å². The van der Waals surface area contributed by atoms with Crippen LogP contribution in [0.1, 0.15) is 31.9 Å². The molecule has 0 fully saturated rings. The molecule has 1 rings (SSSR count). The molecule has 1 aromatic rings. The summed E-state index contributed by atoms with van der Waals surface area (Å²) in [5.74, 6) is -1.16. The molecule has 2 amide bonds. The lowest BCUT2D eigenvalue weighted by molar-refractivity contribution is -0.139. The summed E-state index contributed by atoms with van der Waals surface area (Å²) in [5, 5.41) is 14.3. The van der Waals surface area contributed by atoms with Gasteiger partial charge >= 0.3 is 18.2 Å². The number of ether oxygens (including phenoxy) is 2. The normalized spacial score (nSPS) is 11.8. The Hall–Kier alpha value is -3.03. The van der Waals surface area contributed by atoms with Crippen LogP contribution in [-0.4, -0.2) is 41.5 Å². The van der Waals surface area contributed by atoms with Crippen LogP contribution in [0.2, 0.25) is 0 Å². The van der Waals surface area contributed by atoms with Crippen molar-refractivity contribution in [3.8, 4) is 0 Å². The molecule has 148 valence electrons. The second-order valence-electron chi connectivity index (χ2n) is 6.80. The van der Waals surface area contributed by atoms with Gasteiger partial charge in [-0.05, 0) is 31.9 Å². The lowest BCUT2D eigenvalue weighted by Gasteiger charge is -2.22. The summed E-state index contributed by atoms with van der Waals surface area (Å²) in [7, 11) is 0. The molecule has 0 spiro atoms. The summed E-state index contributed by atoms with van der Waals surface area (Å²) in [6, 6.07) is 5.88. The molecule has 0 aromatic heterocycles. The first-order chi connectivity index (χ1) is 12.6. The minimum absolute atomic E-state index is 0.101. The highest BCUT2D eigenvalue weighted by molar-refractivity contribution is 5.80. The zero-order valence-corrected chi connectivity index (χ0v) is 15.8. The van der Waals surface area contributed by atoms with Gasteiger partial charge in [0.15, 0.2) is 0 Å². The number of carbonyl (C=O) groups excluding carboxylic acids is 2. The fourth-order valence-electron chi connectivity index (χ4n) is 2.04. The van der Waals surface area contributed by atoms with Gasteiger partial charge in [-0.1, -0.05) is 36.9 Å². The number of alkyl carbamates (subject to hydrolysis) is 2. The molecule has 3 N–H and O–H groups in total. The van der Waals surface area contributed by atoms with Gasteiger partial charge in [0.2, 0.25) is 0 Å². The van der Waals surface area contributed by atoms with Gasteiger partial charge in [0, 0.05) is 13.0 Å². The minimum Gasteiger partial charge on any atom is -0.480 e. The summed E-state index contributed by atoms with van der Waals surface area (Å²) in [4.78, 5) is 34.5. The first kappa shape index (κ1) is 22.0. The molecule has 1 atom stereocenters. The van der Waals surface area contributed by atoms with Crippen molar-refractivity contribution in [2.45, 2.75) is 45.4 Å². The average molecular weight is 378 g/mol. The largest absolute Gasteiger partial charge is 0.480 e. The fourth-order valence-corrected chi connectivity index (χ4v) is 2.04. The Labute approximate surface area is 158 Å². The molecule has 0 heterocycles. The van der Waals surface area contributed by atoms with E-state index in [-0.39, 0.29) is 19.6 Å². The topological polar surface area (TPSA) is 114 Å². The van der Waals surface area contributed by atoms with Gasteiger partial charge in [0.25, 0.3) is 0 Å². The molecule has 0 bridgehead atoms. The zero-order valence-electron chi connectivity index (χ0n) is 15.8. The number of carboxylic acids is 1. The van der Waals surface area contributed by atoms with Crippen LogP contribution in [0.25, 0.3) is 0 Å². The number of carbonyl (C=O) groups is 3. The van der Waals surface area contributed by atoms with Crippen molar-refractivity contribution in [1.29, 1.82) is 0 Å². The number of benzene rings is 1. The van der Waals surface area contributed by atoms with E-state index in [1.807, 2.05) is 0 Å². The van der Waals surface area contributed by atoms with Gasteiger partial charge in [-0.3, -0.25) is 0 Å². The highest BCUT2D eigenvalue weighted by Gasteiger charge is 2.24. The van der Waals surface area contributed by atoms with Crippen molar-refractivity contribution in [2.24, 2.45) is 0 Å². The number of amides is 2. The molecule has 0 aliphatic heterocycles. The maximum absolute atomic E-state index is 11.8. The van der Waals surface area contributed by atoms with Crippen LogP contribution in [0.4, 0.5) is 9.59 Å². The molecule has 8 heteroatoms. The van der Waals surface area contributed by atoms with Gasteiger partial charge in [-0.15, -0.1) is 0 Å². The molecule has 0 aliphatic rings. The van der Waals surface area contributed by atoms with Crippen LogP contribution in [0, 0.1) is 0 Å². The summed E-state index contributed by atoms with van der Waals surface area (Å²) < 4.78 is 9.89. The van der Waals surface area contributed by atoms with Crippen molar-refractivity contribution >= 4 is 18.2 Å². The quantitative estimate of drug-likeness (QED) is 0.599. The summed E-state index contributed by atoms with van der Waals surface area (Å²) >= 11 is 0. The zero-order chi connectivity index (χ0) is 20.4. The smallest absolute Gasteiger partial charge is 0.408 e. The Balaban J connectivity index is 2.60. The summed E-state index contributed by atoms with van der Waals surface area (Å²) in [6.45, 7) is 8.94. The molecular formula is C19H26N2O6. The van der Waals surface area contributed by atoms with Crippen LogP contribution >= 0.6 is 0 Å². The number of hydrogen-bond donors (Lipinski definition) is 3. The maximum atomic E-state index is 11.8. The third kappa shape index (κ3) is 9.29. The molecule has 0 aliphatic carbocycles. The highest BCUT2D eigenvalue weighted by Crippen LogP contribution is 2.10. The minimum atomic E-state index is -1.16. The fraction of sp³-hybridized carbons (Fsp3) is 0.421. The van der Waals surface area contributed by atoms with E-state index in [9.17, 15) is 19.5 Å². The molecular weight excluding hydrogens is 352 g/mol. The summed E-state index contributed by atoms with van der Waals surface area (Å²) in [5.41, 5.74) is 0.826.